The third-order valence-corrected chi connectivity index (χ3v) is 2.59. The van der Waals surface area contributed by atoms with E-state index >= 15 is 0 Å². The number of rotatable bonds is 5. The van der Waals surface area contributed by atoms with Crippen molar-refractivity contribution in [3.8, 4) is 0 Å². The molecular formula is C11H12N4O4. The van der Waals surface area contributed by atoms with Crippen molar-refractivity contribution in [1.29, 1.82) is 0 Å². The number of hydrogen-bond acceptors (Lipinski definition) is 5. The molecule has 0 spiro atoms. The fourth-order valence-electron chi connectivity index (χ4n) is 1.63. The van der Waals surface area contributed by atoms with Gasteiger partial charge < -0.3 is 15.5 Å². The second kappa shape index (κ2) is 5.44. The van der Waals surface area contributed by atoms with E-state index in [-0.39, 0.29) is 18.6 Å². The number of amides is 1. The third kappa shape index (κ3) is 2.68. The molecule has 0 bridgehead atoms. The van der Waals surface area contributed by atoms with E-state index in [0.29, 0.717) is 5.52 Å². The van der Waals surface area contributed by atoms with Crippen LogP contribution in [0.25, 0.3) is 5.52 Å². The zero-order valence-electron chi connectivity index (χ0n) is 9.85. The van der Waals surface area contributed by atoms with Crippen molar-refractivity contribution in [2.45, 2.75) is 12.5 Å². The van der Waals surface area contributed by atoms with Gasteiger partial charge in [0.15, 0.2) is 0 Å². The number of aliphatic carboxylic acids is 1. The second-order valence-electron chi connectivity index (χ2n) is 3.84. The Balaban J connectivity index is 2.22. The molecule has 2 aromatic rings. The maximum atomic E-state index is 12.0. The lowest BCUT2D eigenvalue weighted by Gasteiger charge is -2.12. The maximum Gasteiger partial charge on any atom is 0.326 e. The van der Waals surface area contributed by atoms with Crippen LogP contribution >= 0.6 is 0 Å². The normalized spacial score (nSPS) is 12.3. The number of carboxylic acid groups (broad SMARTS) is 1. The summed E-state index contributed by atoms with van der Waals surface area (Å²) in [7, 11) is 0. The van der Waals surface area contributed by atoms with Gasteiger partial charge in [-0.2, -0.15) is 5.10 Å². The van der Waals surface area contributed by atoms with Crippen LogP contribution < -0.4 is 5.32 Å². The number of carbonyl (C=O) groups excluding carboxylic acids is 1. The Morgan fingerprint density at radius 2 is 2.21 bits per heavy atom. The molecule has 19 heavy (non-hydrogen) atoms. The molecule has 3 N–H and O–H groups in total. The monoisotopic (exact) mass is 264 g/mol. The second-order valence-corrected chi connectivity index (χ2v) is 3.84. The molecule has 1 amide bonds. The van der Waals surface area contributed by atoms with Crippen LogP contribution in [0.4, 0.5) is 0 Å². The summed E-state index contributed by atoms with van der Waals surface area (Å²) >= 11 is 0. The largest absolute Gasteiger partial charge is 0.480 e. The minimum absolute atomic E-state index is 0.0570. The van der Waals surface area contributed by atoms with Gasteiger partial charge in [0.1, 0.15) is 6.04 Å². The van der Waals surface area contributed by atoms with Crippen molar-refractivity contribution in [2.75, 3.05) is 6.61 Å². The highest BCUT2D eigenvalue weighted by molar-refractivity contribution is 6.01. The molecule has 2 aromatic heterocycles. The first kappa shape index (κ1) is 13.0. The summed E-state index contributed by atoms with van der Waals surface area (Å²) < 4.78 is 1.46. The van der Waals surface area contributed by atoms with Crippen LogP contribution in [0.1, 0.15) is 16.8 Å². The van der Waals surface area contributed by atoms with Crippen LogP contribution in [0, 0.1) is 0 Å². The number of nitrogens with one attached hydrogen (secondary N) is 1. The fourth-order valence-corrected chi connectivity index (χ4v) is 1.63. The molecule has 0 unspecified atom stereocenters. The van der Waals surface area contributed by atoms with Gasteiger partial charge in [0.05, 0.1) is 23.5 Å². The molecule has 0 fully saturated rings. The summed E-state index contributed by atoms with van der Waals surface area (Å²) in [6.45, 7) is -0.326. The molecule has 0 saturated heterocycles. The Hall–Kier alpha value is -2.48. The molecule has 0 saturated carbocycles. The van der Waals surface area contributed by atoms with Gasteiger partial charge in [-0.05, 0) is 0 Å². The average Bonchev–Trinajstić information content (AvgIpc) is 2.81. The number of nitrogens with zero attached hydrogens (tertiary/aromatic N) is 3. The van der Waals surface area contributed by atoms with E-state index in [2.05, 4.69) is 15.4 Å². The number of carbonyl (C=O) groups is 2. The number of carboxylic acids is 1. The molecule has 2 rings (SSSR count). The van der Waals surface area contributed by atoms with Crippen molar-refractivity contribution < 1.29 is 19.8 Å². The molecule has 1 atom stereocenters. The van der Waals surface area contributed by atoms with E-state index in [0.717, 1.165) is 0 Å². The lowest BCUT2D eigenvalue weighted by Crippen LogP contribution is -2.41. The Labute approximate surface area is 107 Å². The van der Waals surface area contributed by atoms with E-state index < -0.39 is 17.9 Å². The van der Waals surface area contributed by atoms with Gasteiger partial charge in [0.2, 0.25) is 0 Å². The lowest BCUT2D eigenvalue weighted by atomic mass is 10.2. The van der Waals surface area contributed by atoms with Crippen LogP contribution in [0.3, 0.4) is 0 Å². The quantitative estimate of drug-likeness (QED) is 0.657. The van der Waals surface area contributed by atoms with E-state index in [1.54, 1.807) is 6.20 Å². The number of hydrogen-bond donors (Lipinski definition) is 3. The van der Waals surface area contributed by atoms with Crippen LogP contribution in [-0.4, -0.2) is 49.3 Å². The Morgan fingerprint density at radius 1 is 1.42 bits per heavy atom. The summed E-state index contributed by atoms with van der Waals surface area (Å²) in [4.78, 5) is 26.8. The Morgan fingerprint density at radius 3 is 2.89 bits per heavy atom. The molecule has 0 radical (unpaired) electrons. The van der Waals surface area contributed by atoms with Crippen molar-refractivity contribution in [3.63, 3.8) is 0 Å². The summed E-state index contributed by atoms with van der Waals surface area (Å²) in [6, 6.07) is -1.14. The van der Waals surface area contributed by atoms with Crippen molar-refractivity contribution >= 4 is 17.4 Å². The molecular weight excluding hydrogens is 252 g/mol. The highest BCUT2D eigenvalue weighted by Crippen LogP contribution is 2.09. The van der Waals surface area contributed by atoms with Gasteiger partial charge in [-0.15, -0.1) is 0 Å². The van der Waals surface area contributed by atoms with Gasteiger partial charge in [0.25, 0.3) is 5.91 Å². The van der Waals surface area contributed by atoms with E-state index in [1.165, 1.54) is 23.1 Å². The van der Waals surface area contributed by atoms with E-state index in [9.17, 15) is 9.59 Å². The predicted octanol–water partition coefficient (Wildman–Crippen LogP) is -0.705. The maximum absolute atomic E-state index is 12.0. The number of aliphatic hydroxyl groups is 1. The molecule has 0 aromatic carbocycles. The standard InChI is InChI=1S/C11H12N4O4/c16-4-1-8(11(18)19)14-10(17)7-5-13-15-3-2-12-6-9(7)15/h2-3,5-6,8,16H,1,4H2,(H,14,17)(H,18,19)/t8-/m1/s1. The van der Waals surface area contributed by atoms with E-state index in [4.69, 9.17) is 10.2 Å². The minimum atomic E-state index is -1.20. The summed E-state index contributed by atoms with van der Waals surface area (Å²) in [5.74, 6) is -1.76. The van der Waals surface area contributed by atoms with Gasteiger partial charge in [-0.25, -0.2) is 9.31 Å². The summed E-state index contributed by atoms with van der Waals surface area (Å²) in [6.07, 6.45) is 5.84. The molecule has 8 nitrogen and oxygen atoms in total. The first-order chi connectivity index (χ1) is 9.13. The van der Waals surface area contributed by atoms with Gasteiger partial charge in [0, 0.05) is 25.4 Å². The van der Waals surface area contributed by atoms with Crippen LogP contribution in [-0.2, 0) is 4.79 Å². The fraction of sp³-hybridized carbons (Fsp3) is 0.273. The average molecular weight is 264 g/mol. The molecule has 0 aliphatic carbocycles. The lowest BCUT2D eigenvalue weighted by molar-refractivity contribution is -0.139. The first-order valence-corrected chi connectivity index (χ1v) is 5.55. The zero-order valence-corrected chi connectivity index (χ0v) is 9.85. The van der Waals surface area contributed by atoms with Crippen LogP contribution in [0.5, 0.6) is 0 Å². The molecule has 2 heterocycles. The molecule has 0 aliphatic heterocycles. The summed E-state index contributed by atoms with van der Waals surface area (Å²) in [5.41, 5.74) is 0.713. The first-order valence-electron chi connectivity index (χ1n) is 5.55. The number of aromatic nitrogens is 3. The summed E-state index contributed by atoms with van der Waals surface area (Å²) in [5, 5.41) is 24.0. The number of fused-ring (bicyclic) bond motifs is 1. The SMILES string of the molecule is O=C(N[C@H](CCO)C(=O)O)c1cnn2ccncc12. The van der Waals surface area contributed by atoms with Gasteiger partial charge in [-0.1, -0.05) is 0 Å². The van der Waals surface area contributed by atoms with Gasteiger partial charge in [-0.3, -0.25) is 9.78 Å². The predicted molar refractivity (Wildman–Crippen MR) is 63.6 cm³/mol. The molecule has 100 valence electrons. The Bertz CT molecular complexity index is 610. The van der Waals surface area contributed by atoms with E-state index in [1.807, 2.05) is 0 Å². The minimum Gasteiger partial charge on any atom is -0.480 e. The highest BCUT2D eigenvalue weighted by Gasteiger charge is 2.21. The van der Waals surface area contributed by atoms with Crippen LogP contribution in [0.15, 0.2) is 24.8 Å². The smallest absolute Gasteiger partial charge is 0.326 e. The van der Waals surface area contributed by atoms with Crippen molar-refractivity contribution in [2.24, 2.45) is 0 Å². The molecule has 8 heteroatoms. The van der Waals surface area contributed by atoms with Gasteiger partial charge >= 0.3 is 5.97 Å². The molecule has 0 aliphatic rings. The topological polar surface area (TPSA) is 117 Å². The highest BCUT2D eigenvalue weighted by atomic mass is 16.4. The van der Waals surface area contributed by atoms with Crippen LogP contribution in [0.2, 0.25) is 0 Å². The third-order valence-electron chi connectivity index (χ3n) is 2.59. The Kier molecular flexibility index (Phi) is 3.71. The van der Waals surface area contributed by atoms with Crippen molar-refractivity contribution in [1.82, 2.24) is 19.9 Å². The zero-order chi connectivity index (χ0) is 13.8. The van der Waals surface area contributed by atoms with Crippen molar-refractivity contribution in [3.05, 3.63) is 30.4 Å². The number of aliphatic hydroxyl groups excluding tert-OH is 1.